The standard InChI is InChI=1S/C12H18N4O3/c1-8-6-10(7-14-15-12(18)11(13)17)9(2)16(8)4-5-19-3/h6-7H,4-5H2,1-3H3,(H2,13,17)(H,15,18)/b14-7+. The first-order valence-electron chi connectivity index (χ1n) is 5.76. The highest BCUT2D eigenvalue weighted by atomic mass is 16.5. The average Bonchev–Trinajstić information content (AvgIpc) is 2.62. The molecule has 0 fully saturated rings. The number of primary amides is 1. The van der Waals surface area contributed by atoms with Gasteiger partial charge in [-0.25, -0.2) is 5.43 Å². The van der Waals surface area contributed by atoms with Crippen LogP contribution in [0.15, 0.2) is 11.2 Å². The van der Waals surface area contributed by atoms with Crippen LogP contribution in [0.1, 0.15) is 17.0 Å². The van der Waals surface area contributed by atoms with Crippen molar-refractivity contribution >= 4 is 18.0 Å². The molecule has 0 radical (unpaired) electrons. The van der Waals surface area contributed by atoms with Crippen LogP contribution < -0.4 is 11.2 Å². The molecule has 0 saturated carbocycles. The van der Waals surface area contributed by atoms with Gasteiger partial charge in [0.2, 0.25) is 0 Å². The number of methoxy groups -OCH3 is 1. The highest BCUT2D eigenvalue weighted by molar-refractivity contribution is 6.34. The number of hydrogen-bond donors (Lipinski definition) is 2. The normalized spacial score (nSPS) is 10.9. The number of carbonyl (C=O) groups is 2. The highest BCUT2D eigenvalue weighted by Gasteiger charge is 2.08. The molecule has 1 rings (SSSR count). The number of nitrogens with one attached hydrogen (secondary N) is 1. The van der Waals surface area contributed by atoms with E-state index >= 15 is 0 Å². The number of hydrazone groups is 1. The summed E-state index contributed by atoms with van der Waals surface area (Å²) < 4.78 is 7.13. The molecule has 0 aliphatic carbocycles. The summed E-state index contributed by atoms with van der Waals surface area (Å²) in [6.07, 6.45) is 1.48. The second kappa shape index (κ2) is 6.69. The molecule has 2 amide bonds. The van der Waals surface area contributed by atoms with Gasteiger partial charge in [0, 0.05) is 30.6 Å². The van der Waals surface area contributed by atoms with Crippen molar-refractivity contribution in [1.82, 2.24) is 9.99 Å². The Hall–Kier alpha value is -2.15. The van der Waals surface area contributed by atoms with Gasteiger partial charge in [0.15, 0.2) is 0 Å². The van der Waals surface area contributed by atoms with E-state index in [-0.39, 0.29) is 0 Å². The van der Waals surface area contributed by atoms with Crippen molar-refractivity contribution in [3.8, 4) is 0 Å². The molecule has 104 valence electrons. The molecule has 7 nitrogen and oxygen atoms in total. The number of hydrogen-bond acceptors (Lipinski definition) is 4. The van der Waals surface area contributed by atoms with E-state index in [0.29, 0.717) is 6.61 Å². The van der Waals surface area contributed by atoms with E-state index in [1.807, 2.05) is 19.9 Å². The fourth-order valence-electron chi connectivity index (χ4n) is 1.70. The van der Waals surface area contributed by atoms with Crippen LogP contribution in [-0.4, -0.2) is 36.3 Å². The first-order valence-corrected chi connectivity index (χ1v) is 5.76. The third-order valence-corrected chi connectivity index (χ3v) is 2.73. The summed E-state index contributed by atoms with van der Waals surface area (Å²) in [5.74, 6) is -2.01. The van der Waals surface area contributed by atoms with Crippen LogP contribution in [0.5, 0.6) is 0 Å². The summed E-state index contributed by atoms with van der Waals surface area (Å²) in [4.78, 5) is 21.4. The van der Waals surface area contributed by atoms with Gasteiger partial charge in [0.05, 0.1) is 12.8 Å². The van der Waals surface area contributed by atoms with E-state index in [4.69, 9.17) is 10.5 Å². The molecule has 0 bridgehead atoms. The zero-order valence-electron chi connectivity index (χ0n) is 11.3. The fourth-order valence-corrected chi connectivity index (χ4v) is 1.70. The lowest BCUT2D eigenvalue weighted by Crippen LogP contribution is -2.32. The van der Waals surface area contributed by atoms with E-state index in [2.05, 4.69) is 15.1 Å². The van der Waals surface area contributed by atoms with Gasteiger partial charge in [0.25, 0.3) is 0 Å². The van der Waals surface area contributed by atoms with Gasteiger partial charge in [-0.05, 0) is 19.9 Å². The molecule has 0 spiro atoms. The maximum absolute atomic E-state index is 10.9. The number of aromatic nitrogens is 1. The molecule has 7 heteroatoms. The number of rotatable bonds is 5. The van der Waals surface area contributed by atoms with Crippen LogP contribution in [0.2, 0.25) is 0 Å². The number of ether oxygens (including phenoxy) is 1. The van der Waals surface area contributed by atoms with Crippen LogP contribution >= 0.6 is 0 Å². The van der Waals surface area contributed by atoms with E-state index in [1.54, 1.807) is 7.11 Å². The fraction of sp³-hybridized carbons (Fsp3) is 0.417. The predicted octanol–water partition coefficient (Wildman–Crippen LogP) is -0.313. The van der Waals surface area contributed by atoms with Crippen molar-refractivity contribution < 1.29 is 14.3 Å². The van der Waals surface area contributed by atoms with Crippen molar-refractivity contribution in [2.45, 2.75) is 20.4 Å². The molecular weight excluding hydrogens is 248 g/mol. The molecule has 1 aromatic rings. The van der Waals surface area contributed by atoms with Gasteiger partial charge in [0.1, 0.15) is 0 Å². The van der Waals surface area contributed by atoms with E-state index in [0.717, 1.165) is 23.5 Å². The average molecular weight is 266 g/mol. The summed E-state index contributed by atoms with van der Waals surface area (Å²) in [5.41, 5.74) is 9.77. The lowest BCUT2D eigenvalue weighted by Gasteiger charge is -2.08. The topological polar surface area (TPSA) is 98.7 Å². The number of nitrogens with two attached hydrogens (primary N) is 1. The zero-order valence-corrected chi connectivity index (χ0v) is 11.3. The van der Waals surface area contributed by atoms with E-state index in [1.165, 1.54) is 6.21 Å². The Balaban J connectivity index is 2.77. The molecule has 3 N–H and O–H groups in total. The molecule has 0 aliphatic heterocycles. The van der Waals surface area contributed by atoms with Gasteiger partial charge in [-0.15, -0.1) is 0 Å². The Morgan fingerprint density at radius 3 is 2.79 bits per heavy atom. The number of carbonyl (C=O) groups excluding carboxylic acids is 2. The predicted molar refractivity (Wildman–Crippen MR) is 70.7 cm³/mol. The van der Waals surface area contributed by atoms with Crippen molar-refractivity contribution in [2.24, 2.45) is 10.8 Å². The molecule has 19 heavy (non-hydrogen) atoms. The summed E-state index contributed by atoms with van der Waals surface area (Å²) in [7, 11) is 1.65. The smallest absolute Gasteiger partial charge is 0.329 e. The first-order chi connectivity index (χ1) is 8.97. The second-order valence-corrected chi connectivity index (χ2v) is 4.03. The number of amides is 2. The Morgan fingerprint density at radius 1 is 1.53 bits per heavy atom. The Bertz CT molecular complexity index is 505. The molecule has 0 saturated heterocycles. The zero-order chi connectivity index (χ0) is 14.4. The summed E-state index contributed by atoms with van der Waals surface area (Å²) in [6, 6.07) is 1.94. The monoisotopic (exact) mass is 266 g/mol. The summed E-state index contributed by atoms with van der Waals surface area (Å²) in [5, 5.41) is 3.69. The minimum atomic E-state index is -1.07. The van der Waals surface area contributed by atoms with Gasteiger partial charge >= 0.3 is 11.8 Å². The summed E-state index contributed by atoms with van der Waals surface area (Å²) in [6.45, 7) is 5.28. The van der Waals surface area contributed by atoms with Crippen LogP contribution in [0.4, 0.5) is 0 Å². The van der Waals surface area contributed by atoms with Crippen LogP contribution in [0, 0.1) is 13.8 Å². The Kier molecular flexibility index (Phi) is 5.25. The summed E-state index contributed by atoms with van der Waals surface area (Å²) >= 11 is 0. The highest BCUT2D eigenvalue weighted by Crippen LogP contribution is 2.12. The van der Waals surface area contributed by atoms with Gasteiger partial charge in [-0.2, -0.15) is 5.10 Å². The van der Waals surface area contributed by atoms with E-state index in [9.17, 15) is 9.59 Å². The van der Waals surface area contributed by atoms with Crippen molar-refractivity contribution in [3.05, 3.63) is 23.0 Å². The minimum Gasteiger partial charge on any atom is -0.383 e. The number of nitrogens with zero attached hydrogens (tertiary/aromatic N) is 2. The van der Waals surface area contributed by atoms with Gasteiger partial charge in [-0.1, -0.05) is 0 Å². The Morgan fingerprint density at radius 2 is 2.21 bits per heavy atom. The van der Waals surface area contributed by atoms with Crippen molar-refractivity contribution in [2.75, 3.05) is 13.7 Å². The van der Waals surface area contributed by atoms with Gasteiger partial charge < -0.3 is 15.0 Å². The molecule has 1 heterocycles. The van der Waals surface area contributed by atoms with Crippen LogP contribution in [-0.2, 0) is 20.9 Å². The molecule has 0 atom stereocenters. The minimum absolute atomic E-state index is 0.616. The third-order valence-electron chi connectivity index (χ3n) is 2.73. The molecule has 1 aromatic heterocycles. The quantitative estimate of drug-likeness (QED) is 0.434. The maximum Gasteiger partial charge on any atom is 0.329 e. The van der Waals surface area contributed by atoms with Crippen LogP contribution in [0.25, 0.3) is 0 Å². The van der Waals surface area contributed by atoms with Crippen molar-refractivity contribution in [3.63, 3.8) is 0 Å². The first kappa shape index (κ1) is 14.9. The molecule has 0 aromatic carbocycles. The van der Waals surface area contributed by atoms with Crippen LogP contribution in [0.3, 0.4) is 0 Å². The molecule has 0 unspecified atom stereocenters. The number of aryl methyl sites for hydroxylation is 1. The largest absolute Gasteiger partial charge is 0.383 e. The van der Waals surface area contributed by atoms with Gasteiger partial charge in [-0.3, -0.25) is 9.59 Å². The maximum atomic E-state index is 10.9. The molecule has 0 aliphatic rings. The second-order valence-electron chi connectivity index (χ2n) is 4.03. The van der Waals surface area contributed by atoms with Crippen molar-refractivity contribution in [1.29, 1.82) is 0 Å². The van der Waals surface area contributed by atoms with E-state index < -0.39 is 11.8 Å². The molecular formula is C12H18N4O3. The third kappa shape index (κ3) is 3.92. The Labute approximate surface area is 111 Å². The SMILES string of the molecule is COCCn1c(C)cc(/C=N/NC(=O)C(N)=O)c1C. The lowest BCUT2D eigenvalue weighted by atomic mass is 10.3. The lowest BCUT2D eigenvalue weighted by molar-refractivity contribution is -0.137.